The van der Waals surface area contributed by atoms with Crippen LogP contribution in [0.25, 0.3) is 10.1 Å². The zero-order valence-electron chi connectivity index (χ0n) is 16.0. The number of fused-ring (bicyclic) bond motifs is 2. The second-order valence-corrected chi connectivity index (χ2v) is 8.06. The number of hydrogen-bond donors (Lipinski definition) is 2. The molecule has 3 aromatic rings. The number of nitrogens with one attached hydrogen (secondary N) is 2. The summed E-state index contributed by atoms with van der Waals surface area (Å²) < 4.78 is 5.83. The highest BCUT2D eigenvalue weighted by Gasteiger charge is 2.27. The van der Waals surface area contributed by atoms with E-state index in [1.54, 1.807) is 24.3 Å². The summed E-state index contributed by atoms with van der Waals surface area (Å²) in [4.78, 5) is 50.2. The second kappa shape index (κ2) is 8.75. The maximum absolute atomic E-state index is 12.5. The summed E-state index contributed by atoms with van der Waals surface area (Å²) >= 11 is 7.48. The lowest BCUT2D eigenvalue weighted by Gasteiger charge is -2.28. The first-order chi connectivity index (χ1) is 14.9. The Morgan fingerprint density at radius 1 is 1.13 bits per heavy atom. The zero-order valence-corrected chi connectivity index (χ0v) is 17.6. The Bertz CT molecular complexity index is 1210. The van der Waals surface area contributed by atoms with E-state index >= 15 is 0 Å². The monoisotopic (exact) mass is 457 g/mol. The number of amides is 3. The van der Waals surface area contributed by atoms with Crippen molar-refractivity contribution in [3.63, 3.8) is 0 Å². The molecule has 3 amide bonds. The largest absolute Gasteiger partial charge is 0.454 e. The Kier molecular flexibility index (Phi) is 5.88. The van der Waals surface area contributed by atoms with Crippen LogP contribution in [0.5, 0.6) is 0 Å². The fourth-order valence-electron chi connectivity index (χ4n) is 3.12. The number of hydrogen-bond acceptors (Lipinski definition) is 6. The van der Waals surface area contributed by atoms with Gasteiger partial charge in [0.25, 0.3) is 11.8 Å². The topological polar surface area (TPSA) is 105 Å². The van der Waals surface area contributed by atoms with Crippen LogP contribution in [0.15, 0.2) is 48.5 Å². The summed E-state index contributed by atoms with van der Waals surface area (Å²) in [6.45, 7) is -1.15. The van der Waals surface area contributed by atoms with Crippen LogP contribution in [-0.2, 0) is 19.1 Å². The minimum Gasteiger partial charge on any atom is -0.454 e. The van der Waals surface area contributed by atoms with E-state index in [-0.39, 0.29) is 12.5 Å². The Labute approximate surface area is 185 Å². The van der Waals surface area contributed by atoms with E-state index in [4.69, 9.17) is 16.3 Å². The van der Waals surface area contributed by atoms with Crippen molar-refractivity contribution >= 4 is 68.1 Å². The Balaban J connectivity index is 1.32. The number of anilines is 2. The van der Waals surface area contributed by atoms with Gasteiger partial charge in [0, 0.05) is 10.1 Å². The molecule has 0 unspecified atom stereocenters. The van der Waals surface area contributed by atoms with E-state index in [1.807, 2.05) is 24.3 Å². The van der Waals surface area contributed by atoms with Crippen LogP contribution in [0.3, 0.4) is 0 Å². The van der Waals surface area contributed by atoms with Crippen LogP contribution < -0.4 is 15.5 Å². The van der Waals surface area contributed by atoms with Gasteiger partial charge in [-0.25, -0.2) is 0 Å². The molecule has 2 N–H and O–H groups in total. The van der Waals surface area contributed by atoms with Crippen LogP contribution in [0, 0.1) is 0 Å². The normalized spacial score (nSPS) is 12.8. The Morgan fingerprint density at radius 2 is 1.87 bits per heavy atom. The van der Waals surface area contributed by atoms with Gasteiger partial charge in [-0.05, 0) is 18.2 Å². The number of nitrogens with zero attached hydrogens (tertiary/aromatic N) is 1. The Morgan fingerprint density at radius 3 is 2.68 bits per heavy atom. The fourth-order valence-corrected chi connectivity index (χ4v) is 4.55. The van der Waals surface area contributed by atoms with Crippen molar-refractivity contribution in [2.24, 2.45) is 0 Å². The maximum Gasteiger partial charge on any atom is 0.325 e. The summed E-state index contributed by atoms with van der Waals surface area (Å²) in [6, 6.07) is 14.1. The third-order valence-corrected chi connectivity index (χ3v) is 6.24. The molecular weight excluding hydrogens is 442 g/mol. The number of halogens is 1. The van der Waals surface area contributed by atoms with Crippen molar-refractivity contribution in [1.82, 2.24) is 5.32 Å². The number of rotatable bonds is 5. The number of carbonyl (C=O) groups excluding carboxylic acids is 4. The smallest absolute Gasteiger partial charge is 0.325 e. The summed E-state index contributed by atoms with van der Waals surface area (Å²) in [7, 11) is 0. The lowest BCUT2D eigenvalue weighted by Crippen LogP contribution is -2.44. The van der Waals surface area contributed by atoms with Gasteiger partial charge in [-0.3, -0.25) is 24.1 Å². The quantitative estimate of drug-likeness (QED) is 0.573. The van der Waals surface area contributed by atoms with Crippen molar-refractivity contribution in [3.8, 4) is 0 Å². The van der Waals surface area contributed by atoms with Crippen molar-refractivity contribution in [2.45, 2.75) is 0 Å². The lowest BCUT2D eigenvalue weighted by molar-refractivity contribution is -0.146. The minimum absolute atomic E-state index is 0.172. The molecule has 8 nitrogen and oxygen atoms in total. The number of benzene rings is 2. The molecule has 0 saturated carbocycles. The zero-order chi connectivity index (χ0) is 22.0. The predicted molar refractivity (Wildman–Crippen MR) is 118 cm³/mol. The van der Waals surface area contributed by atoms with Gasteiger partial charge in [0.1, 0.15) is 18.0 Å². The maximum atomic E-state index is 12.5. The molecule has 0 aliphatic carbocycles. The van der Waals surface area contributed by atoms with Crippen molar-refractivity contribution in [3.05, 3.63) is 58.4 Å². The standard InChI is InChI=1S/C21H16ClN3O5S/c22-19-12-5-1-4-8-15(12)31-20(19)21(29)23-9-18(28)30-11-17(27)25-10-16(26)24-13-6-2-3-7-14(13)25/h1-8H,9-11H2,(H,23,29)(H,24,26). The third-order valence-electron chi connectivity index (χ3n) is 4.56. The first-order valence-corrected chi connectivity index (χ1v) is 10.4. The first kappa shape index (κ1) is 20.8. The number of carbonyl (C=O) groups is 4. The van der Waals surface area contributed by atoms with E-state index < -0.39 is 30.9 Å². The SMILES string of the molecule is O=C1CN(C(=O)COC(=O)CNC(=O)c2sc3ccccc3c2Cl)c2ccccc2N1. The van der Waals surface area contributed by atoms with Gasteiger partial charge in [-0.1, -0.05) is 41.9 Å². The highest BCUT2D eigenvalue weighted by atomic mass is 35.5. The van der Waals surface area contributed by atoms with Crippen molar-refractivity contribution < 1.29 is 23.9 Å². The molecule has 158 valence electrons. The number of thiophene rings is 1. The average molecular weight is 458 g/mol. The summed E-state index contributed by atoms with van der Waals surface area (Å²) in [5.41, 5.74) is 1.03. The first-order valence-electron chi connectivity index (χ1n) is 9.24. The van der Waals surface area contributed by atoms with Gasteiger partial charge in [-0.15, -0.1) is 11.3 Å². The van der Waals surface area contributed by atoms with Gasteiger partial charge in [-0.2, -0.15) is 0 Å². The van der Waals surface area contributed by atoms with Gasteiger partial charge in [0.05, 0.1) is 16.4 Å². The molecule has 1 aromatic heterocycles. The number of ether oxygens (including phenoxy) is 1. The van der Waals surface area contributed by atoms with Gasteiger partial charge in [0.2, 0.25) is 5.91 Å². The molecule has 1 aliphatic heterocycles. The van der Waals surface area contributed by atoms with E-state index in [0.717, 1.165) is 10.1 Å². The van der Waals surface area contributed by atoms with Crippen LogP contribution in [0.1, 0.15) is 9.67 Å². The number of para-hydroxylation sites is 2. The lowest BCUT2D eigenvalue weighted by atomic mass is 10.2. The molecule has 0 bridgehead atoms. The third kappa shape index (κ3) is 4.37. The highest BCUT2D eigenvalue weighted by molar-refractivity contribution is 7.21. The van der Waals surface area contributed by atoms with Crippen LogP contribution in [-0.4, -0.2) is 43.4 Å². The fraction of sp³-hybridized carbons (Fsp3) is 0.143. The van der Waals surface area contributed by atoms with E-state index in [0.29, 0.717) is 21.3 Å². The molecule has 1 aliphatic rings. The van der Waals surface area contributed by atoms with Crippen molar-refractivity contribution in [1.29, 1.82) is 0 Å². The molecule has 2 heterocycles. The van der Waals surface area contributed by atoms with Crippen LogP contribution in [0.2, 0.25) is 5.02 Å². The minimum atomic E-state index is -0.784. The second-order valence-electron chi connectivity index (χ2n) is 6.63. The number of esters is 1. The predicted octanol–water partition coefficient (Wildman–Crippen LogP) is 2.81. The molecular formula is C21H16ClN3O5S. The summed E-state index contributed by atoms with van der Waals surface area (Å²) in [5, 5.41) is 6.21. The molecule has 0 atom stereocenters. The molecule has 0 saturated heterocycles. The van der Waals surface area contributed by atoms with Crippen LogP contribution in [0.4, 0.5) is 11.4 Å². The molecule has 0 spiro atoms. The van der Waals surface area contributed by atoms with E-state index in [2.05, 4.69) is 10.6 Å². The molecule has 0 fully saturated rings. The Hall–Kier alpha value is -3.43. The van der Waals surface area contributed by atoms with Crippen LogP contribution >= 0.6 is 22.9 Å². The highest BCUT2D eigenvalue weighted by Crippen LogP contribution is 2.35. The summed E-state index contributed by atoms with van der Waals surface area (Å²) in [6.07, 6.45) is 0. The molecule has 31 heavy (non-hydrogen) atoms. The molecule has 10 heteroatoms. The van der Waals surface area contributed by atoms with E-state index in [9.17, 15) is 19.2 Å². The molecule has 0 radical (unpaired) electrons. The van der Waals surface area contributed by atoms with Gasteiger partial charge >= 0.3 is 5.97 Å². The van der Waals surface area contributed by atoms with Gasteiger partial charge in [0.15, 0.2) is 6.61 Å². The summed E-state index contributed by atoms with van der Waals surface area (Å²) in [5.74, 6) is -2.18. The average Bonchev–Trinajstić information content (AvgIpc) is 3.12. The van der Waals surface area contributed by atoms with E-state index in [1.165, 1.54) is 16.2 Å². The van der Waals surface area contributed by atoms with Crippen molar-refractivity contribution in [2.75, 3.05) is 29.9 Å². The molecule has 4 rings (SSSR count). The molecule has 2 aromatic carbocycles. The van der Waals surface area contributed by atoms with Gasteiger partial charge < -0.3 is 15.4 Å².